The van der Waals surface area contributed by atoms with Crippen LogP contribution < -0.4 is 10.6 Å². The number of hydrogen-bond acceptors (Lipinski definition) is 3. The molecule has 2 rings (SSSR count). The first-order valence-corrected chi connectivity index (χ1v) is 6.95. The molecule has 0 spiro atoms. The monoisotopic (exact) mass is 266 g/mol. The van der Waals surface area contributed by atoms with Crippen LogP contribution in [0.1, 0.15) is 25.7 Å². The lowest BCUT2D eigenvalue weighted by Crippen LogP contribution is -2.42. The van der Waals surface area contributed by atoms with Gasteiger partial charge in [-0.3, -0.25) is 0 Å². The highest BCUT2D eigenvalue weighted by atomic mass is 19.1. The zero-order valence-corrected chi connectivity index (χ0v) is 11.5. The molecule has 0 bridgehead atoms. The third-order valence-corrected chi connectivity index (χ3v) is 4.35. The summed E-state index contributed by atoms with van der Waals surface area (Å²) in [5.41, 5.74) is 5.57. The van der Waals surface area contributed by atoms with E-state index in [9.17, 15) is 9.50 Å². The minimum absolute atomic E-state index is 0.203. The summed E-state index contributed by atoms with van der Waals surface area (Å²) in [6.07, 6.45) is 3.68. The smallest absolute Gasteiger partial charge is 0.146 e. The molecule has 2 atom stereocenters. The molecule has 0 amide bonds. The molecule has 19 heavy (non-hydrogen) atoms. The number of benzene rings is 1. The van der Waals surface area contributed by atoms with Crippen molar-refractivity contribution in [3.63, 3.8) is 0 Å². The zero-order valence-electron chi connectivity index (χ0n) is 11.5. The molecule has 1 aliphatic carbocycles. The highest BCUT2D eigenvalue weighted by molar-refractivity contribution is 5.46. The normalized spacial score (nSPS) is 26.6. The maximum atomic E-state index is 13.6. The standard InChI is InChI=1S/C15H23FN2O/c1-18(14-7-3-2-6-13(14)16)10-8-12-5-4-9-15(12,19)11-17/h2-3,6-7,12,19H,4-5,8-11,17H2,1H3. The first kappa shape index (κ1) is 14.3. The molecular formula is C15H23FN2O. The Morgan fingerprint density at radius 2 is 2.21 bits per heavy atom. The van der Waals surface area contributed by atoms with Crippen LogP contribution >= 0.6 is 0 Å². The van der Waals surface area contributed by atoms with Crippen molar-refractivity contribution < 1.29 is 9.50 Å². The maximum Gasteiger partial charge on any atom is 0.146 e. The Morgan fingerprint density at radius 3 is 2.89 bits per heavy atom. The molecule has 4 heteroatoms. The Kier molecular flexibility index (Phi) is 4.42. The molecule has 0 aromatic heterocycles. The number of nitrogens with zero attached hydrogens (tertiary/aromatic N) is 1. The van der Waals surface area contributed by atoms with Gasteiger partial charge in [0.25, 0.3) is 0 Å². The van der Waals surface area contributed by atoms with Crippen LogP contribution in [0.25, 0.3) is 0 Å². The summed E-state index contributed by atoms with van der Waals surface area (Å²) in [6, 6.07) is 6.77. The number of anilines is 1. The summed E-state index contributed by atoms with van der Waals surface area (Å²) >= 11 is 0. The molecule has 0 saturated heterocycles. The van der Waals surface area contributed by atoms with Gasteiger partial charge in [0.05, 0.1) is 11.3 Å². The van der Waals surface area contributed by atoms with Crippen LogP contribution in [0.3, 0.4) is 0 Å². The van der Waals surface area contributed by atoms with E-state index < -0.39 is 5.60 Å². The van der Waals surface area contributed by atoms with E-state index in [1.54, 1.807) is 12.1 Å². The largest absolute Gasteiger partial charge is 0.388 e. The minimum Gasteiger partial charge on any atom is -0.388 e. The number of rotatable bonds is 5. The second-order valence-electron chi connectivity index (χ2n) is 5.56. The molecule has 0 radical (unpaired) electrons. The van der Waals surface area contributed by atoms with Crippen molar-refractivity contribution in [1.29, 1.82) is 0 Å². The molecule has 1 aliphatic rings. The van der Waals surface area contributed by atoms with Crippen LogP contribution in [0.15, 0.2) is 24.3 Å². The topological polar surface area (TPSA) is 49.5 Å². The first-order valence-electron chi connectivity index (χ1n) is 6.95. The van der Waals surface area contributed by atoms with E-state index in [0.29, 0.717) is 12.2 Å². The second-order valence-corrected chi connectivity index (χ2v) is 5.56. The summed E-state index contributed by atoms with van der Waals surface area (Å²) in [5, 5.41) is 10.4. The Hall–Kier alpha value is -1.13. The summed E-state index contributed by atoms with van der Waals surface area (Å²) in [4.78, 5) is 1.91. The van der Waals surface area contributed by atoms with E-state index in [1.807, 2.05) is 18.0 Å². The molecule has 0 aliphatic heterocycles. The van der Waals surface area contributed by atoms with Crippen molar-refractivity contribution in [2.24, 2.45) is 11.7 Å². The van der Waals surface area contributed by atoms with Gasteiger partial charge in [-0.15, -0.1) is 0 Å². The van der Waals surface area contributed by atoms with Gasteiger partial charge in [-0.25, -0.2) is 4.39 Å². The lowest BCUT2D eigenvalue weighted by atomic mass is 9.88. The van der Waals surface area contributed by atoms with Gasteiger partial charge >= 0.3 is 0 Å². The van der Waals surface area contributed by atoms with Gasteiger partial charge in [0.15, 0.2) is 0 Å². The number of nitrogens with two attached hydrogens (primary N) is 1. The molecule has 1 aromatic rings. The summed E-state index contributed by atoms with van der Waals surface area (Å²) < 4.78 is 13.6. The van der Waals surface area contributed by atoms with Crippen molar-refractivity contribution in [3.8, 4) is 0 Å². The fourth-order valence-electron chi connectivity index (χ4n) is 3.04. The lowest BCUT2D eigenvalue weighted by molar-refractivity contribution is 0.00895. The molecule has 0 heterocycles. The number of aliphatic hydroxyl groups is 1. The quantitative estimate of drug-likeness (QED) is 0.858. The zero-order chi connectivity index (χ0) is 13.9. The fraction of sp³-hybridized carbons (Fsp3) is 0.600. The van der Waals surface area contributed by atoms with Gasteiger partial charge in [0.2, 0.25) is 0 Å². The Bertz CT molecular complexity index is 426. The van der Waals surface area contributed by atoms with Gasteiger partial charge in [-0.05, 0) is 37.3 Å². The van der Waals surface area contributed by atoms with Crippen molar-refractivity contribution in [2.75, 3.05) is 25.0 Å². The van der Waals surface area contributed by atoms with E-state index in [1.165, 1.54) is 6.07 Å². The lowest BCUT2D eigenvalue weighted by Gasteiger charge is -2.30. The highest BCUT2D eigenvalue weighted by Crippen LogP contribution is 2.37. The third kappa shape index (κ3) is 3.07. The van der Waals surface area contributed by atoms with Crippen molar-refractivity contribution in [3.05, 3.63) is 30.1 Å². The number of hydrogen-bond donors (Lipinski definition) is 2. The Balaban J connectivity index is 1.94. The van der Waals surface area contributed by atoms with Gasteiger partial charge < -0.3 is 15.7 Å². The SMILES string of the molecule is CN(CCC1CCCC1(O)CN)c1ccccc1F. The summed E-state index contributed by atoms with van der Waals surface area (Å²) in [7, 11) is 1.88. The Morgan fingerprint density at radius 1 is 1.47 bits per heavy atom. The van der Waals surface area contributed by atoms with Gasteiger partial charge in [-0.2, -0.15) is 0 Å². The molecule has 3 N–H and O–H groups in total. The summed E-state index contributed by atoms with van der Waals surface area (Å²) in [6.45, 7) is 1.05. The predicted octanol–water partition coefficient (Wildman–Crippen LogP) is 2.14. The van der Waals surface area contributed by atoms with Crippen molar-refractivity contribution in [1.82, 2.24) is 0 Å². The summed E-state index contributed by atoms with van der Waals surface area (Å²) in [5.74, 6) is 0.0252. The van der Waals surface area contributed by atoms with E-state index >= 15 is 0 Å². The maximum absolute atomic E-state index is 13.6. The molecule has 1 fully saturated rings. The van der Waals surface area contributed by atoms with E-state index in [2.05, 4.69) is 0 Å². The van der Waals surface area contributed by atoms with Crippen LogP contribution in [0, 0.1) is 11.7 Å². The van der Waals surface area contributed by atoms with Crippen LogP contribution in [-0.4, -0.2) is 30.8 Å². The number of para-hydroxylation sites is 1. The highest BCUT2D eigenvalue weighted by Gasteiger charge is 2.39. The fourth-order valence-corrected chi connectivity index (χ4v) is 3.04. The molecule has 2 unspecified atom stereocenters. The van der Waals surface area contributed by atoms with Crippen molar-refractivity contribution >= 4 is 5.69 Å². The first-order chi connectivity index (χ1) is 9.07. The molecule has 1 saturated carbocycles. The van der Waals surface area contributed by atoms with Gasteiger partial charge in [0, 0.05) is 20.1 Å². The van der Waals surface area contributed by atoms with E-state index in [-0.39, 0.29) is 11.7 Å². The van der Waals surface area contributed by atoms with Gasteiger partial charge in [0.1, 0.15) is 5.82 Å². The molecular weight excluding hydrogens is 243 g/mol. The number of halogens is 1. The van der Waals surface area contributed by atoms with E-state index in [0.717, 1.165) is 32.2 Å². The van der Waals surface area contributed by atoms with Crippen LogP contribution in [0.4, 0.5) is 10.1 Å². The van der Waals surface area contributed by atoms with Gasteiger partial charge in [-0.1, -0.05) is 18.6 Å². The molecule has 1 aromatic carbocycles. The second kappa shape index (κ2) is 5.88. The van der Waals surface area contributed by atoms with Crippen LogP contribution in [0.5, 0.6) is 0 Å². The van der Waals surface area contributed by atoms with Crippen LogP contribution in [-0.2, 0) is 0 Å². The predicted molar refractivity (Wildman–Crippen MR) is 75.6 cm³/mol. The van der Waals surface area contributed by atoms with Crippen molar-refractivity contribution in [2.45, 2.75) is 31.3 Å². The average Bonchev–Trinajstić information content (AvgIpc) is 2.78. The molecule has 106 valence electrons. The van der Waals surface area contributed by atoms with Crippen LogP contribution in [0.2, 0.25) is 0 Å². The Labute approximate surface area is 114 Å². The molecule has 3 nitrogen and oxygen atoms in total. The third-order valence-electron chi connectivity index (χ3n) is 4.35. The minimum atomic E-state index is -0.712. The van der Waals surface area contributed by atoms with E-state index in [4.69, 9.17) is 5.73 Å². The average molecular weight is 266 g/mol.